The average molecular weight is 483 g/mol. The lowest BCUT2D eigenvalue weighted by atomic mass is 9.76. The third-order valence-electron chi connectivity index (χ3n) is 6.72. The molecule has 0 aliphatic heterocycles. The van der Waals surface area contributed by atoms with E-state index in [1.165, 1.54) is 17.7 Å². The van der Waals surface area contributed by atoms with Crippen molar-refractivity contribution >= 4 is 17.2 Å². The van der Waals surface area contributed by atoms with Gasteiger partial charge in [-0.05, 0) is 75.4 Å². The molecule has 1 aliphatic rings. The van der Waals surface area contributed by atoms with Gasteiger partial charge in [-0.25, -0.2) is 0 Å². The van der Waals surface area contributed by atoms with Crippen molar-refractivity contribution < 1.29 is 4.79 Å². The summed E-state index contributed by atoms with van der Waals surface area (Å²) in [4.78, 5) is 16.6. The number of fused-ring (bicyclic) bond motifs is 2. The summed E-state index contributed by atoms with van der Waals surface area (Å²) in [5.41, 5.74) is 7.13. The third kappa shape index (κ3) is 8.06. The summed E-state index contributed by atoms with van der Waals surface area (Å²) in [6.07, 6.45) is 4.17. The van der Waals surface area contributed by atoms with Gasteiger partial charge in [-0.3, -0.25) is 9.89 Å². The Morgan fingerprint density at radius 3 is 2.23 bits per heavy atom. The molecule has 4 rings (SSSR count). The van der Waals surface area contributed by atoms with Gasteiger partial charge in [0.25, 0.3) is 0 Å². The van der Waals surface area contributed by atoms with Gasteiger partial charge in [-0.1, -0.05) is 62.3 Å². The van der Waals surface area contributed by atoms with Crippen LogP contribution in [0.3, 0.4) is 0 Å². The first kappa shape index (κ1) is 30.6. The quantitative estimate of drug-likeness (QED) is 0.373. The van der Waals surface area contributed by atoms with E-state index < -0.39 is 0 Å². The van der Waals surface area contributed by atoms with E-state index in [0.717, 1.165) is 41.4 Å². The van der Waals surface area contributed by atoms with Gasteiger partial charge in [0.15, 0.2) is 0 Å². The van der Waals surface area contributed by atoms with Crippen molar-refractivity contribution in [3.8, 4) is 11.4 Å². The van der Waals surface area contributed by atoms with E-state index in [0.29, 0.717) is 22.4 Å². The number of hydrogen-bond donors (Lipinski definition) is 2. The zero-order valence-electron chi connectivity index (χ0n) is 24.4. The SMILES string of the molecule is CC.CC.CC(N(C)C)C(C)(C)C.CC1(C)CCc2c(-c3cc4cc(C=O)ccc4[nH]3)n[nH]c2C1. The van der Waals surface area contributed by atoms with Crippen molar-refractivity contribution in [3.05, 3.63) is 41.1 Å². The summed E-state index contributed by atoms with van der Waals surface area (Å²) in [6, 6.07) is 8.42. The highest BCUT2D eigenvalue weighted by atomic mass is 16.1. The van der Waals surface area contributed by atoms with Gasteiger partial charge in [0.1, 0.15) is 12.0 Å². The molecule has 1 aromatic carbocycles. The smallest absolute Gasteiger partial charge is 0.150 e. The minimum absolute atomic E-state index is 0.343. The summed E-state index contributed by atoms with van der Waals surface area (Å²) in [5, 5.41) is 8.82. The van der Waals surface area contributed by atoms with Crippen LogP contribution in [0, 0.1) is 10.8 Å². The number of carbonyl (C=O) groups excluding carboxylic acids is 1. The molecule has 5 heteroatoms. The van der Waals surface area contributed by atoms with Gasteiger partial charge in [0.05, 0.1) is 5.69 Å². The first-order valence-corrected chi connectivity index (χ1v) is 13.2. The molecule has 0 amide bonds. The lowest BCUT2D eigenvalue weighted by Crippen LogP contribution is -2.36. The second kappa shape index (κ2) is 13.1. The normalized spacial score (nSPS) is 15.0. The minimum atomic E-state index is 0.343. The van der Waals surface area contributed by atoms with Crippen LogP contribution in [0.25, 0.3) is 22.3 Å². The van der Waals surface area contributed by atoms with Crippen LogP contribution < -0.4 is 0 Å². The Kier molecular flexibility index (Phi) is 11.4. The predicted octanol–water partition coefficient (Wildman–Crippen LogP) is 7.92. The lowest BCUT2D eigenvalue weighted by molar-refractivity contribution is 0.112. The Labute approximate surface area is 214 Å². The second-order valence-corrected chi connectivity index (χ2v) is 11.0. The molecule has 2 N–H and O–H groups in total. The Balaban J connectivity index is 0.000000401. The first-order chi connectivity index (χ1) is 16.4. The molecule has 0 fully saturated rings. The minimum Gasteiger partial charge on any atom is -0.353 e. The number of benzene rings is 1. The average Bonchev–Trinajstić information content (AvgIpc) is 3.42. The van der Waals surface area contributed by atoms with Gasteiger partial charge in [-0.2, -0.15) is 5.10 Å². The molecule has 0 spiro atoms. The fourth-order valence-electron chi connectivity index (χ4n) is 4.20. The fourth-order valence-corrected chi connectivity index (χ4v) is 4.20. The van der Waals surface area contributed by atoms with E-state index in [1.54, 1.807) is 0 Å². The largest absolute Gasteiger partial charge is 0.353 e. The van der Waals surface area contributed by atoms with Crippen LogP contribution in [0.1, 0.15) is 97.3 Å². The molecule has 3 aromatic rings. The predicted molar refractivity (Wildman–Crippen MR) is 152 cm³/mol. The zero-order chi connectivity index (χ0) is 27.0. The molecule has 0 saturated carbocycles. The maximum absolute atomic E-state index is 10.9. The number of carbonyl (C=O) groups is 1. The Morgan fingerprint density at radius 1 is 1.09 bits per heavy atom. The van der Waals surface area contributed by atoms with Crippen molar-refractivity contribution in [2.75, 3.05) is 14.1 Å². The van der Waals surface area contributed by atoms with Crippen molar-refractivity contribution in [3.63, 3.8) is 0 Å². The van der Waals surface area contributed by atoms with Crippen LogP contribution in [-0.2, 0) is 12.8 Å². The van der Waals surface area contributed by atoms with E-state index in [4.69, 9.17) is 0 Å². The molecule has 1 aliphatic carbocycles. The Bertz CT molecular complexity index is 1050. The van der Waals surface area contributed by atoms with Crippen molar-refractivity contribution in [1.29, 1.82) is 0 Å². The lowest BCUT2D eigenvalue weighted by Gasteiger charge is -2.32. The van der Waals surface area contributed by atoms with E-state index in [1.807, 2.05) is 45.9 Å². The number of nitrogens with one attached hydrogen (secondary N) is 2. The second-order valence-electron chi connectivity index (χ2n) is 11.0. The Hall–Kier alpha value is -2.40. The third-order valence-corrected chi connectivity index (χ3v) is 6.72. The fraction of sp³-hybridized carbons (Fsp3) is 0.600. The molecular formula is C30H50N4O. The van der Waals surface area contributed by atoms with Gasteiger partial charge in [0, 0.05) is 33.8 Å². The summed E-state index contributed by atoms with van der Waals surface area (Å²) in [5.74, 6) is 0. The summed E-state index contributed by atoms with van der Waals surface area (Å²) in [6.45, 7) is 21.6. The van der Waals surface area contributed by atoms with Crippen molar-refractivity contribution in [2.24, 2.45) is 10.8 Å². The van der Waals surface area contributed by atoms with Crippen molar-refractivity contribution in [1.82, 2.24) is 20.1 Å². The number of H-pyrrole nitrogens is 2. The van der Waals surface area contributed by atoms with Crippen LogP contribution in [0.15, 0.2) is 24.3 Å². The van der Waals surface area contributed by atoms with E-state index >= 15 is 0 Å². The number of aromatic nitrogens is 3. The molecule has 0 saturated heterocycles. The van der Waals surface area contributed by atoms with Crippen LogP contribution in [0.5, 0.6) is 0 Å². The van der Waals surface area contributed by atoms with Gasteiger partial charge in [0.2, 0.25) is 0 Å². The highest BCUT2D eigenvalue weighted by Gasteiger charge is 2.29. The molecule has 0 radical (unpaired) electrons. The van der Waals surface area contributed by atoms with Gasteiger partial charge < -0.3 is 9.88 Å². The summed E-state index contributed by atoms with van der Waals surface area (Å²) in [7, 11) is 4.24. The molecule has 196 valence electrons. The summed E-state index contributed by atoms with van der Waals surface area (Å²) >= 11 is 0. The van der Waals surface area contributed by atoms with Gasteiger partial charge in [-0.15, -0.1) is 0 Å². The maximum Gasteiger partial charge on any atom is 0.150 e. The molecule has 35 heavy (non-hydrogen) atoms. The summed E-state index contributed by atoms with van der Waals surface area (Å²) < 4.78 is 0. The Morgan fingerprint density at radius 2 is 1.71 bits per heavy atom. The standard InChI is InChI=1S/C18H19N3O.C8H19N.2C2H6/c1-18(2)6-5-13-16(9-18)20-21-17(13)15-8-12-7-11(10-22)3-4-14(12)19-15;1-7(9(5)6)8(2,3)4;2*1-2/h3-4,7-8,10,19H,5-6,9H2,1-2H3,(H,20,21);7H,1-6H3;2*1-2H3. The molecule has 1 unspecified atom stereocenters. The van der Waals surface area contributed by atoms with Gasteiger partial charge >= 0.3 is 0 Å². The van der Waals surface area contributed by atoms with Crippen LogP contribution in [-0.4, -0.2) is 46.5 Å². The van der Waals surface area contributed by atoms with E-state index in [2.05, 4.69) is 81.8 Å². The monoisotopic (exact) mass is 482 g/mol. The highest BCUT2D eigenvalue weighted by Crippen LogP contribution is 2.38. The van der Waals surface area contributed by atoms with Crippen molar-refractivity contribution in [2.45, 2.75) is 94.5 Å². The molecular weight excluding hydrogens is 432 g/mol. The molecule has 2 heterocycles. The van der Waals surface area contributed by atoms with E-state index in [-0.39, 0.29) is 0 Å². The van der Waals surface area contributed by atoms with Crippen LogP contribution in [0.4, 0.5) is 0 Å². The highest BCUT2D eigenvalue weighted by molar-refractivity contribution is 5.90. The number of rotatable bonds is 3. The molecule has 2 aromatic heterocycles. The molecule has 5 nitrogen and oxygen atoms in total. The number of aldehydes is 1. The zero-order valence-corrected chi connectivity index (χ0v) is 24.4. The first-order valence-electron chi connectivity index (χ1n) is 13.2. The topological polar surface area (TPSA) is 64.8 Å². The number of hydrogen-bond acceptors (Lipinski definition) is 3. The van der Waals surface area contributed by atoms with Crippen LogP contribution in [0.2, 0.25) is 0 Å². The number of nitrogens with zero attached hydrogens (tertiary/aromatic N) is 2. The molecule has 1 atom stereocenters. The van der Waals surface area contributed by atoms with E-state index in [9.17, 15) is 4.79 Å². The number of aromatic amines is 2. The van der Waals surface area contributed by atoms with Crippen LogP contribution >= 0.6 is 0 Å². The molecule has 0 bridgehead atoms. The maximum atomic E-state index is 10.9.